The average Bonchev–Trinajstić information content (AvgIpc) is 3.26. The molecule has 0 saturated carbocycles. The molecule has 0 fully saturated rings. The number of methoxy groups -OCH3 is 1. The predicted molar refractivity (Wildman–Crippen MR) is 132 cm³/mol. The standard InChI is InChI=1S/C25H29N3O6S/c1-5-28(6-2)35(31,32)21-16-22(27(3)17-21)25(30)34-23(18-10-8-7-9-11-18)24(29)26-19-12-14-20(33-4)15-13-19/h7-17,23H,5-6H2,1-4H3,(H,26,29). The minimum absolute atomic E-state index is 0.00825. The summed E-state index contributed by atoms with van der Waals surface area (Å²) in [5, 5.41) is 2.74. The second-order valence-corrected chi connectivity index (χ2v) is 9.61. The molecular formula is C25H29N3O6S. The first-order valence-corrected chi connectivity index (χ1v) is 12.5. The lowest BCUT2D eigenvalue weighted by molar-refractivity contribution is -0.125. The Morgan fingerprint density at radius 3 is 2.23 bits per heavy atom. The maximum Gasteiger partial charge on any atom is 0.356 e. The number of carbonyl (C=O) groups is 2. The van der Waals surface area contributed by atoms with Gasteiger partial charge in [0, 0.05) is 37.6 Å². The molecule has 1 heterocycles. The normalized spacial score (nSPS) is 12.3. The summed E-state index contributed by atoms with van der Waals surface area (Å²) in [6, 6.07) is 16.6. The summed E-state index contributed by atoms with van der Waals surface area (Å²) in [6.45, 7) is 4.08. The molecule has 1 N–H and O–H groups in total. The topological polar surface area (TPSA) is 107 Å². The molecule has 1 amide bonds. The number of nitrogens with one attached hydrogen (secondary N) is 1. The van der Waals surface area contributed by atoms with E-state index in [1.54, 1.807) is 82.6 Å². The highest BCUT2D eigenvalue weighted by atomic mass is 32.2. The molecule has 0 aliphatic rings. The molecular weight excluding hydrogens is 470 g/mol. The second kappa shape index (κ2) is 11.2. The Labute approximate surface area is 205 Å². The van der Waals surface area contributed by atoms with E-state index in [2.05, 4.69) is 5.32 Å². The molecule has 0 saturated heterocycles. The minimum atomic E-state index is -3.76. The van der Waals surface area contributed by atoms with Crippen molar-refractivity contribution in [2.24, 2.45) is 7.05 Å². The second-order valence-electron chi connectivity index (χ2n) is 7.68. The quantitative estimate of drug-likeness (QED) is 0.427. The zero-order chi connectivity index (χ0) is 25.6. The van der Waals surface area contributed by atoms with Gasteiger partial charge in [-0.25, -0.2) is 13.2 Å². The highest BCUT2D eigenvalue weighted by Crippen LogP contribution is 2.25. The van der Waals surface area contributed by atoms with Gasteiger partial charge in [0.15, 0.2) is 0 Å². The van der Waals surface area contributed by atoms with Crippen LogP contribution in [0, 0.1) is 0 Å². The van der Waals surface area contributed by atoms with Crippen LogP contribution < -0.4 is 10.1 Å². The van der Waals surface area contributed by atoms with Gasteiger partial charge < -0.3 is 19.4 Å². The Balaban J connectivity index is 1.87. The average molecular weight is 500 g/mol. The number of anilines is 1. The Hall–Kier alpha value is -3.63. The van der Waals surface area contributed by atoms with Gasteiger partial charge >= 0.3 is 5.97 Å². The SMILES string of the molecule is CCN(CC)S(=O)(=O)c1cc(C(=O)OC(C(=O)Nc2ccc(OC)cc2)c2ccccc2)n(C)c1. The maximum absolute atomic E-state index is 13.1. The van der Waals surface area contributed by atoms with Crippen molar-refractivity contribution in [2.45, 2.75) is 24.8 Å². The third kappa shape index (κ3) is 5.90. The highest BCUT2D eigenvalue weighted by Gasteiger charge is 2.30. The summed E-state index contributed by atoms with van der Waals surface area (Å²) < 4.78 is 39.2. The number of esters is 1. The van der Waals surface area contributed by atoms with Crippen LogP contribution in [0.15, 0.2) is 71.8 Å². The summed E-state index contributed by atoms with van der Waals surface area (Å²) >= 11 is 0. The zero-order valence-corrected chi connectivity index (χ0v) is 20.9. The number of amides is 1. The van der Waals surface area contributed by atoms with Gasteiger partial charge in [-0.15, -0.1) is 0 Å². The van der Waals surface area contributed by atoms with Crippen LogP contribution in [0.3, 0.4) is 0 Å². The number of hydrogen-bond acceptors (Lipinski definition) is 6. The fraction of sp³-hybridized carbons (Fsp3) is 0.280. The lowest BCUT2D eigenvalue weighted by Crippen LogP contribution is -2.30. The largest absolute Gasteiger partial charge is 0.497 e. The van der Waals surface area contributed by atoms with E-state index in [0.717, 1.165) is 0 Å². The van der Waals surface area contributed by atoms with E-state index in [0.29, 0.717) is 30.1 Å². The number of ether oxygens (including phenoxy) is 2. The van der Waals surface area contributed by atoms with Crippen molar-refractivity contribution in [3.05, 3.63) is 78.1 Å². The van der Waals surface area contributed by atoms with E-state index < -0.39 is 28.0 Å². The Kier molecular flexibility index (Phi) is 8.31. The van der Waals surface area contributed by atoms with Crippen molar-refractivity contribution in [1.82, 2.24) is 8.87 Å². The zero-order valence-electron chi connectivity index (χ0n) is 20.1. The summed E-state index contributed by atoms with van der Waals surface area (Å²) in [5.41, 5.74) is 0.977. The van der Waals surface area contributed by atoms with Gasteiger partial charge in [-0.3, -0.25) is 4.79 Å². The number of sulfonamides is 1. The van der Waals surface area contributed by atoms with E-state index in [1.165, 1.54) is 21.1 Å². The number of nitrogens with zero attached hydrogens (tertiary/aromatic N) is 2. The molecule has 35 heavy (non-hydrogen) atoms. The number of aryl methyl sites for hydroxylation is 1. The molecule has 0 aliphatic carbocycles. The molecule has 10 heteroatoms. The molecule has 1 unspecified atom stereocenters. The van der Waals surface area contributed by atoms with Gasteiger partial charge in [0.2, 0.25) is 16.1 Å². The van der Waals surface area contributed by atoms with Gasteiger partial charge in [0.05, 0.1) is 7.11 Å². The molecule has 9 nitrogen and oxygen atoms in total. The molecule has 2 aromatic carbocycles. The van der Waals surface area contributed by atoms with E-state index >= 15 is 0 Å². The number of carbonyl (C=O) groups excluding carboxylic acids is 2. The van der Waals surface area contributed by atoms with E-state index in [4.69, 9.17) is 9.47 Å². The smallest absolute Gasteiger partial charge is 0.356 e. The molecule has 0 spiro atoms. The highest BCUT2D eigenvalue weighted by molar-refractivity contribution is 7.89. The number of hydrogen-bond donors (Lipinski definition) is 1. The summed E-state index contributed by atoms with van der Waals surface area (Å²) in [4.78, 5) is 26.2. The Morgan fingerprint density at radius 1 is 1.03 bits per heavy atom. The van der Waals surface area contributed by atoms with Gasteiger partial charge in [-0.1, -0.05) is 44.2 Å². The van der Waals surface area contributed by atoms with Crippen molar-refractivity contribution in [2.75, 3.05) is 25.5 Å². The molecule has 3 rings (SSSR count). The van der Waals surface area contributed by atoms with Crippen LogP contribution in [0.5, 0.6) is 5.75 Å². The molecule has 1 atom stereocenters. The monoisotopic (exact) mass is 499 g/mol. The van der Waals surface area contributed by atoms with Crippen LogP contribution in [0.2, 0.25) is 0 Å². The minimum Gasteiger partial charge on any atom is -0.497 e. The summed E-state index contributed by atoms with van der Waals surface area (Å²) in [5.74, 6) is -0.750. The van der Waals surface area contributed by atoms with Crippen LogP contribution in [0.4, 0.5) is 5.69 Å². The fourth-order valence-electron chi connectivity index (χ4n) is 3.54. The third-order valence-corrected chi connectivity index (χ3v) is 7.47. The van der Waals surface area contributed by atoms with Crippen LogP contribution >= 0.6 is 0 Å². The van der Waals surface area contributed by atoms with E-state index in [-0.39, 0.29) is 10.6 Å². The van der Waals surface area contributed by atoms with E-state index in [1.807, 2.05) is 0 Å². The first-order valence-electron chi connectivity index (χ1n) is 11.1. The van der Waals surface area contributed by atoms with Crippen molar-refractivity contribution < 1.29 is 27.5 Å². The first-order chi connectivity index (χ1) is 16.7. The molecule has 0 aliphatic heterocycles. The van der Waals surface area contributed by atoms with Crippen molar-refractivity contribution in [3.63, 3.8) is 0 Å². The summed E-state index contributed by atoms with van der Waals surface area (Å²) in [6.07, 6.45) is 0.0997. The molecule has 0 radical (unpaired) electrons. The van der Waals surface area contributed by atoms with Crippen molar-refractivity contribution >= 4 is 27.6 Å². The molecule has 1 aromatic heterocycles. The fourth-order valence-corrected chi connectivity index (χ4v) is 5.07. The summed E-state index contributed by atoms with van der Waals surface area (Å²) in [7, 11) is -0.674. The van der Waals surface area contributed by atoms with E-state index in [9.17, 15) is 18.0 Å². The molecule has 0 bridgehead atoms. The maximum atomic E-state index is 13.1. The van der Waals surface area contributed by atoms with Crippen molar-refractivity contribution in [1.29, 1.82) is 0 Å². The van der Waals surface area contributed by atoms with Gasteiger partial charge in [0.1, 0.15) is 16.3 Å². The van der Waals surface area contributed by atoms with Gasteiger partial charge in [-0.2, -0.15) is 4.31 Å². The molecule has 186 valence electrons. The van der Waals surface area contributed by atoms with Crippen molar-refractivity contribution in [3.8, 4) is 5.75 Å². The van der Waals surface area contributed by atoms with Gasteiger partial charge in [-0.05, 0) is 30.3 Å². The van der Waals surface area contributed by atoms with Crippen LogP contribution in [0.25, 0.3) is 0 Å². The number of benzene rings is 2. The predicted octanol–water partition coefficient (Wildman–Crippen LogP) is 3.60. The number of aromatic nitrogens is 1. The Bertz CT molecular complexity index is 1270. The van der Waals surface area contributed by atoms with Crippen LogP contribution in [0.1, 0.15) is 36.0 Å². The van der Waals surface area contributed by atoms with Crippen LogP contribution in [-0.2, 0) is 26.6 Å². The number of rotatable bonds is 10. The van der Waals surface area contributed by atoms with Crippen LogP contribution in [-0.4, -0.2) is 49.4 Å². The van der Waals surface area contributed by atoms with Gasteiger partial charge in [0.25, 0.3) is 5.91 Å². The lowest BCUT2D eigenvalue weighted by atomic mass is 10.1. The first kappa shape index (κ1) is 26.0. The molecule has 3 aromatic rings. The Morgan fingerprint density at radius 2 is 1.66 bits per heavy atom. The lowest BCUT2D eigenvalue weighted by Gasteiger charge is -2.18. The third-order valence-electron chi connectivity index (χ3n) is 5.46.